The van der Waals surface area contributed by atoms with E-state index in [-0.39, 0.29) is 18.1 Å². The average molecular weight is 496 g/mol. The number of carbonyl (C=O) groups is 1. The van der Waals surface area contributed by atoms with Gasteiger partial charge in [-0.05, 0) is 54.1 Å². The lowest BCUT2D eigenvalue weighted by Crippen LogP contribution is -2.49. The number of hydrogen-bond donors (Lipinski definition) is 0. The maximum Gasteiger partial charge on any atom is 0.253 e. The molecular weight excluding hydrogens is 472 g/mol. The summed E-state index contributed by atoms with van der Waals surface area (Å²) < 4.78 is 34.2. The van der Waals surface area contributed by atoms with Crippen LogP contribution in [-0.4, -0.2) is 48.4 Å². The predicted octanol–water partition coefficient (Wildman–Crippen LogP) is 5.21. The first kappa shape index (κ1) is 24.8. The lowest BCUT2D eigenvalue weighted by Gasteiger charge is -2.36. The van der Waals surface area contributed by atoms with E-state index in [9.17, 15) is 13.6 Å². The van der Waals surface area contributed by atoms with Gasteiger partial charge in [0.25, 0.3) is 5.91 Å². The van der Waals surface area contributed by atoms with Gasteiger partial charge < -0.3 is 9.64 Å². The van der Waals surface area contributed by atoms with Crippen molar-refractivity contribution in [3.05, 3.63) is 106 Å². The van der Waals surface area contributed by atoms with E-state index < -0.39 is 17.7 Å². The van der Waals surface area contributed by atoms with E-state index in [4.69, 9.17) is 21.6 Å². The maximum absolute atomic E-state index is 14.1. The summed E-state index contributed by atoms with van der Waals surface area (Å²) in [6.07, 6.45) is -0.438. The molecule has 0 aliphatic carbocycles. The summed E-state index contributed by atoms with van der Waals surface area (Å²) in [6.45, 7) is 2.62. The van der Waals surface area contributed by atoms with Gasteiger partial charge in [-0.1, -0.05) is 29.8 Å². The molecule has 0 saturated carbocycles. The van der Waals surface area contributed by atoms with Gasteiger partial charge in [-0.15, -0.1) is 0 Å². The molecule has 4 rings (SSSR count). The van der Waals surface area contributed by atoms with E-state index in [0.29, 0.717) is 48.9 Å². The Morgan fingerprint density at radius 2 is 1.60 bits per heavy atom. The molecule has 180 valence electrons. The molecule has 1 aliphatic rings. The Balaban J connectivity index is 1.40. The van der Waals surface area contributed by atoms with Crippen molar-refractivity contribution in [2.75, 3.05) is 32.7 Å². The summed E-state index contributed by atoms with van der Waals surface area (Å²) in [5, 5.41) is 9.52. The number of rotatable bonds is 7. The SMILES string of the molecule is N#Cc1ccc(C(=O)N2CCN(C[C@H](OCc3c(F)cccc3F)c3ccc(Cl)cc3)CC2)cc1. The third-order valence-corrected chi connectivity index (χ3v) is 6.33. The second kappa shape index (κ2) is 11.4. The van der Waals surface area contributed by atoms with E-state index >= 15 is 0 Å². The zero-order valence-electron chi connectivity index (χ0n) is 19.0. The normalized spacial score (nSPS) is 15.0. The maximum atomic E-state index is 14.1. The summed E-state index contributed by atoms with van der Waals surface area (Å²) in [5.74, 6) is -1.36. The van der Waals surface area contributed by atoms with Crippen LogP contribution in [0.4, 0.5) is 8.78 Å². The molecule has 35 heavy (non-hydrogen) atoms. The minimum absolute atomic E-state index is 0.0744. The van der Waals surface area contributed by atoms with Crippen molar-refractivity contribution in [1.82, 2.24) is 9.80 Å². The highest BCUT2D eigenvalue weighted by Crippen LogP contribution is 2.25. The van der Waals surface area contributed by atoms with Gasteiger partial charge in [0, 0.05) is 48.9 Å². The standard InChI is InChI=1S/C27H24ClF2N3O2/c28-22-10-8-20(9-11-22)26(35-18-23-24(29)2-1-3-25(23)30)17-32-12-14-33(15-13-32)27(34)21-6-4-19(16-31)5-7-21/h1-11,26H,12-15,17-18H2/t26-/m0/s1. The molecule has 1 saturated heterocycles. The van der Waals surface area contributed by atoms with E-state index in [0.717, 1.165) is 5.56 Å². The molecule has 0 N–H and O–H groups in total. The molecule has 0 bridgehead atoms. The smallest absolute Gasteiger partial charge is 0.253 e. The molecule has 1 fully saturated rings. The zero-order valence-corrected chi connectivity index (χ0v) is 19.7. The van der Waals surface area contributed by atoms with Crippen molar-refractivity contribution in [2.24, 2.45) is 0 Å². The van der Waals surface area contributed by atoms with Gasteiger partial charge in [0.1, 0.15) is 11.6 Å². The highest BCUT2D eigenvalue weighted by molar-refractivity contribution is 6.30. The third kappa shape index (κ3) is 6.23. The monoisotopic (exact) mass is 495 g/mol. The highest BCUT2D eigenvalue weighted by atomic mass is 35.5. The molecule has 0 aromatic heterocycles. The van der Waals surface area contributed by atoms with Crippen LogP contribution in [0.5, 0.6) is 0 Å². The van der Waals surface area contributed by atoms with Gasteiger partial charge in [0.2, 0.25) is 0 Å². The average Bonchev–Trinajstić information content (AvgIpc) is 2.88. The fourth-order valence-electron chi connectivity index (χ4n) is 4.02. The molecular formula is C27H24ClF2N3O2. The van der Waals surface area contributed by atoms with Crippen LogP contribution in [0, 0.1) is 23.0 Å². The van der Waals surface area contributed by atoms with Crippen molar-refractivity contribution in [3.8, 4) is 6.07 Å². The lowest BCUT2D eigenvalue weighted by molar-refractivity contribution is 0.00145. The second-order valence-corrected chi connectivity index (χ2v) is 8.77. The van der Waals surface area contributed by atoms with Gasteiger partial charge in [-0.25, -0.2) is 8.78 Å². The van der Waals surface area contributed by atoms with Gasteiger partial charge in [-0.3, -0.25) is 9.69 Å². The number of carbonyl (C=O) groups excluding carboxylic acids is 1. The van der Waals surface area contributed by atoms with Crippen molar-refractivity contribution in [2.45, 2.75) is 12.7 Å². The minimum Gasteiger partial charge on any atom is -0.367 e. The van der Waals surface area contributed by atoms with Gasteiger partial charge in [-0.2, -0.15) is 5.26 Å². The molecule has 1 atom stereocenters. The van der Waals surface area contributed by atoms with E-state index in [1.54, 1.807) is 41.3 Å². The molecule has 0 radical (unpaired) electrons. The molecule has 1 heterocycles. The number of benzene rings is 3. The molecule has 5 nitrogen and oxygen atoms in total. The van der Waals surface area contributed by atoms with E-state index in [1.807, 2.05) is 18.2 Å². The van der Waals surface area contributed by atoms with E-state index in [2.05, 4.69) is 4.90 Å². The first-order chi connectivity index (χ1) is 16.9. The number of nitriles is 1. The molecule has 0 unspecified atom stereocenters. The van der Waals surface area contributed by atoms with Crippen LogP contribution >= 0.6 is 11.6 Å². The first-order valence-corrected chi connectivity index (χ1v) is 11.6. The quantitative estimate of drug-likeness (QED) is 0.452. The van der Waals surface area contributed by atoms with Gasteiger partial charge in [0.05, 0.1) is 24.3 Å². The van der Waals surface area contributed by atoms with Crippen LogP contribution in [0.15, 0.2) is 66.7 Å². The third-order valence-electron chi connectivity index (χ3n) is 6.08. The molecule has 3 aromatic rings. The molecule has 1 amide bonds. The minimum atomic E-state index is -0.644. The molecule has 3 aromatic carbocycles. The fraction of sp³-hybridized carbons (Fsp3) is 0.259. The second-order valence-electron chi connectivity index (χ2n) is 8.33. The van der Waals surface area contributed by atoms with Crippen molar-refractivity contribution in [3.63, 3.8) is 0 Å². The topological polar surface area (TPSA) is 56.6 Å². The highest BCUT2D eigenvalue weighted by Gasteiger charge is 2.25. The lowest BCUT2D eigenvalue weighted by atomic mass is 10.1. The van der Waals surface area contributed by atoms with Gasteiger partial charge >= 0.3 is 0 Å². The molecule has 8 heteroatoms. The Morgan fingerprint density at radius 3 is 2.20 bits per heavy atom. The van der Waals surface area contributed by atoms with Crippen LogP contribution in [0.3, 0.4) is 0 Å². The van der Waals surface area contributed by atoms with E-state index in [1.165, 1.54) is 18.2 Å². The van der Waals surface area contributed by atoms with Crippen molar-refractivity contribution >= 4 is 17.5 Å². The number of piperazine rings is 1. The summed E-state index contributed by atoms with van der Waals surface area (Å²) in [7, 11) is 0. The van der Waals surface area contributed by atoms with Crippen molar-refractivity contribution in [1.29, 1.82) is 5.26 Å². The Bertz CT molecular complexity index is 1180. The Kier molecular flexibility index (Phi) is 8.09. The summed E-state index contributed by atoms with van der Waals surface area (Å²) >= 11 is 6.03. The largest absolute Gasteiger partial charge is 0.367 e. The number of amides is 1. The summed E-state index contributed by atoms with van der Waals surface area (Å²) in [4.78, 5) is 16.8. The fourth-order valence-corrected chi connectivity index (χ4v) is 4.15. The summed E-state index contributed by atoms with van der Waals surface area (Å²) in [6, 6.07) is 19.6. The molecule has 1 aliphatic heterocycles. The Morgan fingerprint density at radius 1 is 0.971 bits per heavy atom. The van der Waals surface area contributed by atoms with Crippen LogP contribution < -0.4 is 0 Å². The Labute approximate surface area is 208 Å². The first-order valence-electron chi connectivity index (χ1n) is 11.3. The molecule has 0 spiro atoms. The number of hydrogen-bond acceptors (Lipinski definition) is 4. The predicted molar refractivity (Wildman–Crippen MR) is 129 cm³/mol. The van der Waals surface area contributed by atoms with Crippen LogP contribution in [-0.2, 0) is 11.3 Å². The van der Waals surface area contributed by atoms with Crippen LogP contribution in [0.2, 0.25) is 5.02 Å². The number of nitrogens with zero attached hydrogens (tertiary/aromatic N) is 3. The number of ether oxygens (including phenoxy) is 1. The zero-order chi connectivity index (χ0) is 24.8. The number of halogens is 3. The van der Waals surface area contributed by atoms with Crippen molar-refractivity contribution < 1.29 is 18.3 Å². The van der Waals surface area contributed by atoms with Crippen LogP contribution in [0.25, 0.3) is 0 Å². The van der Waals surface area contributed by atoms with Gasteiger partial charge in [0.15, 0.2) is 0 Å². The Hall–Kier alpha value is -3.31. The van der Waals surface area contributed by atoms with Crippen LogP contribution in [0.1, 0.15) is 33.2 Å². The summed E-state index contributed by atoms with van der Waals surface area (Å²) in [5.41, 5.74) is 1.80.